The van der Waals surface area contributed by atoms with Crippen LogP contribution in [0, 0.1) is 0 Å². The molecular formula is C51H91NO5. The summed E-state index contributed by atoms with van der Waals surface area (Å²) >= 11 is 0. The fourth-order valence-electron chi connectivity index (χ4n) is 6.87. The van der Waals surface area contributed by atoms with E-state index in [9.17, 15) is 19.8 Å². The summed E-state index contributed by atoms with van der Waals surface area (Å²) in [7, 11) is 0. The summed E-state index contributed by atoms with van der Waals surface area (Å²) in [6, 6.07) is -0.736. The molecule has 0 rings (SSSR count). The number of unbranched alkanes of at least 4 members (excludes halogenated alkanes) is 22. The Kier molecular flexibility index (Phi) is 42.7. The first kappa shape index (κ1) is 54.6. The Morgan fingerprint density at radius 3 is 1.44 bits per heavy atom. The molecule has 0 aromatic heterocycles. The number of esters is 1. The molecule has 0 aliphatic heterocycles. The summed E-state index contributed by atoms with van der Waals surface area (Å²) in [6.07, 6.45) is 54.5. The molecule has 0 spiro atoms. The number of carbonyl (C=O) groups is 2. The molecule has 0 saturated carbocycles. The fourth-order valence-corrected chi connectivity index (χ4v) is 6.87. The third-order valence-electron chi connectivity index (χ3n) is 10.6. The third-order valence-corrected chi connectivity index (χ3v) is 10.6. The molecule has 0 aliphatic carbocycles. The maximum atomic E-state index is 13.1. The number of amides is 1. The minimum atomic E-state index is -0.814. The molecule has 0 heterocycles. The molecule has 3 unspecified atom stereocenters. The Labute approximate surface area is 352 Å². The summed E-state index contributed by atoms with van der Waals surface area (Å²) in [5, 5.41) is 23.6. The monoisotopic (exact) mass is 798 g/mol. The van der Waals surface area contributed by atoms with Crippen molar-refractivity contribution in [2.45, 2.75) is 244 Å². The van der Waals surface area contributed by atoms with Gasteiger partial charge in [0.1, 0.15) is 6.10 Å². The first-order valence-corrected chi connectivity index (χ1v) is 24.0. The molecule has 6 nitrogen and oxygen atoms in total. The van der Waals surface area contributed by atoms with Gasteiger partial charge < -0.3 is 20.3 Å². The minimum Gasteiger partial charge on any atom is -0.458 e. The molecule has 0 aromatic rings. The number of carbonyl (C=O) groups excluding carboxylic acids is 2. The van der Waals surface area contributed by atoms with E-state index in [4.69, 9.17) is 4.74 Å². The highest BCUT2D eigenvalue weighted by Crippen LogP contribution is 2.15. The standard InChI is InChI=1S/C51H91NO5/c1-4-7-10-13-16-19-22-23-24-25-26-27-29-32-35-38-41-44-51(56)57-47(42-39-36-33-30-28-20-17-14-11-8-5-2)45-50(55)52-48(46-53)49(54)43-40-37-34-31-21-18-15-12-9-6-3/h16,19,23-24,26-27,30,33,39,42,47-49,53-54H,4-15,17-18,20-22,25,28-29,31-32,34-38,40-41,43-46H2,1-3H3,(H,52,55)/b19-16-,24-23-,27-26-,33-30-,42-39+. The van der Waals surface area contributed by atoms with Crippen molar-refractivity contribution in [2.24, 2.45) is 0 Å². The van der Waals surface area contributed by atoms with Crippen LogP contribution in [-0.4, -0.2) is 46.9 Å². The van der Waals surface area contributed by atoms with Crippen LogP contribution < -0.4 is 5.32 Å². The number of aliphatic hydroxyl groups excluding tert-OH is 2. The van der Waals surface area contributed by atoms with Crippen molar-refractivity contribution in [3.8, 4) is 0 Å². The van der Waals surface area contributed by atoms with E-state index in [1.54, 1.807) is 0 Å². The predicted molar refractivity (Wildman–Crippen MR) is 245 cm³/mol. The molecule has 0 radical (unpaired) electrons. The quantitative estimate of drug-likeness (QED) is 0.0325. The Hall–Kier alpha value is -2.44. The molecule has 0 bridgehead atoms. The zero-order valence-electron chi connectivity index (χ0n) is 37.5. The summed E-state index contributed by atoms with van der Waals surface area (Å²) < 4.78 is 5.80. The van der Waals surface area contributed by atoms with Crippen molar-refractivity contribution in [2.75, 3.05) is 6.61 Å². The van der Waals surface area contributed by atoms with Gasteiger partial charge in [-0.1, -0.05) is 197 Å². The molecule has 0 fully saturated rings. The normalized spacial score (nSPS) is 13.8. The first-order valence-electron chi connectivity index (χ1n) is 24.0. The van der Waals surface area contributed by atoms with E-state index >= 15 is 0 Å². The Morgan fingerprint density at radius 2 is 0.930 bits per heavy atom. The SMILES string of the molecule is CCCCC/C=C\C/C=C\C/C=C\CCCCCCC(=O)OC(/C=C/C/C=C\CCCCCCCC)CC(=O)NC(CO)C(O)CCCCCCCCCCCC. The van der Waals surface area contributed by atoms with E-state index in [1.165, 1.54) is 109 Å². The molecule has 3 atom stereocenters. The van der Waals surface area contributed by atoms with Crippen LogP contribution in [0.25, 0.3) is 0 Å². The predicted octanol–water partition coefficient (Wildman–Crippen LogP) is 14.1. The molecule has 0 aromatic carbocycles. The summed E-state index contributed by atoms with van der Waals surface area (Å²) in [6.45, 7) is 6.38. The van der Waals surface area contributed by atoms with Crippen molar-refractivity contribution in [3.05, 3.63) is 60.8 Å². The Morgan fingerprint density at radius 1 is 0.526 bits per heavy atom. The number of aliphatic hydroxyl groups is 2. The number of hydrogen-bond acceptors (Lipinski definition) is 5. The molecule has 330 valence electrons. The van der Waals surface area contributed by atoms with Gasteiger partial charge in [0.05, 0.1) is 25.2 Å². The number of nitrogens with one attached hydrogen (secondary N) is 1. The van der Waals surface area contributed by atoms with E-state index in [0.29, 0.717) is 19.3 Å². The van der Waals surface area contributed by atoms with Crippen molar-refractivity contribution in [1.29, 1.82) is 0 Å². The minimum absolute atomic E-state index is 0.0392. The van der Waals surface area contributed by atoms with Gasteiger partial charge >= 0.3 is 5.97 Å². The van der Waals surface area contributed by atoms with E-state index in [2.05, 4.69) is 74.7 Å². The third kappa shape index (κ3) is 40.1. The van der Waals surface area contributed by atoms with Gasteiger partial charge in [-0.15, -0.1) is 0 Å². The van der Waals surface area contributed by atoms with Crippen LogP contribution in [0.15, 0.2) is 60.8 Å². The molecule has 1 amide bonds. The molecule has 57 heavy (non-hydrogen) atoms. The summed E-state index contributed by atoms with van der Waals surface area (Å²) in [5.74, 6) is -0.631. The van der Waals surface area contributed by atoms with Crippen LogP contribution in [0.3, 0.4) is 0 Å². The van der Waals surface area contributed by atoms with Gasteiger partial charge in [-0.2, -0.15) is 0 Å². The van der Waals surface area contributed by atoms with Gasteiger partial charge in [0.2, 0.25) is 5.91 Å². The highest BCUT2D eigenvalue weighted by molar-refractivity contribution is 5.78. The Bertz CT molecular complexity index is 1030. The lowest BCUT2D eigenvalue weighted by Crippen LogP contribution is -2.46. The zero-order chi connectivity index (χ0) is 41.7. The maximum Gasteiger partial charge on any atom is 0.306 e. The van der Waals surface area contributed by atoms with Gasteiger partial charge in [0.25, 0.3) is 0 Å². The fraction of sp³-hybridized carbons (Fsp3) is 0.765. The molecule has 0 saturated heterocycles. The number of ether oxygens (including phenoxy) is 1. The largest absolute Gasteiger partial charge is 0.458 e. The second-order valence-electron chi connectivity index (χ2n) is 16.2. The van der Waals surface area contributed by atoms with Gasteiger partial charge in [0, 0.05) is 6.42 Å². The second kappa shape index (κ2) is 44.7. The van der Waals surface area contributed by atoms with E-state index in [-0.39, 0.29) is 24.9 Å². The topological polar surface area (TPSA) is 95.9 Å². The van der Waals surface area contributed by atoms with Gasteiger partial charge in [-0.25, -0.2) is 0 Å². The first-order chi connectivity index (χ1) is 28.0. The van der Waals surface area contributed by atoms with Crippen LogP contribution in [0.2, 0.25) is 0 Å². The molecule has 0 aliphatic rings. The van der Waals surface area contributed by atoms with Crippen LogP contribution in [0.4, 0.5) is 0 Å². The van der Waals surface area contributed by atoms with Gasteiger partial charge in [0.15, 0.2) is 0 Å². The van der Waals surface area contributed by atoms with Crippen molar-refractivity contribution < 1.29 is 24.5 Å². The van der Waals surface area contributed by atoms with Gasteiger partial charge in [-0.3, -0.25) is 9.59 Å². The number of hydrogen-bond donors (Lipinski definition) is 3. The average molecular weight is 798 g/mol. The molecule has 3 N–H and O–H groups in total. The number of rotatable bonds is 42. The average Bonchev–Trinajstić information content (AvgIpc) is 3.20. The smallest absolute Gasteiger partial charge is 0.306 e. The van der Waals surface area contributed by atoms with Gasteiger partial charge in [-0.05, 0) is 76.7 Å². The highest BCUT2D eigenvalue weighted by Gasteiger charge is 2.23. The lowest BCUT2D eigenvalue weighted by Gasteiger charge is -2.23. The van der Waals surface area contributed by atoms with Crippen LogP contribution in [0.5, 0.6) is 0 Å². The van der Waals surface area contributed by atoms with Crippen LogP contribution in [-0.2, 0) is 14.3 Å². The summed E-state index contributed by atoms with van der Waals surface area (Å²) in [4.78, 5) is 25.9. The van der Waals surface area contributed by atoms with E-state index < -0.39 is 18.2 Å². The van der Waals surface area contributed by atoms with Crippen molar-refractivity contribution >= 4 is 11.9 Å². The van der Waals surface area contributed by atoms with Crippen LogP contribution in [0.1, 0.15) is 226 Å². The molecule has 6 heteroatoms. The zero-order valence-corrected chi connectivity index (χ0v) is 37.5. The maximum absolute atomic E-state index is 13.1. The summed E-state index contributed by atoms with van der Waals surface area (Å²) in [5.41, 5.74) is 0. The molecular weight excluding hydrogens is 707 g/mol. The second-order valence-corrected chi connectivity index (χ2v) is 16.2. The van der Waals surface area contributed by atoms with Crippen molar-refractivity contribution in [3.63, 3.8) is 0 Å². The van der Waals surface area contributed by atoms with E-state index in [1.807, 2.05) is 12.2 Å². The van der Waals surface area contributed by atoms with E-state index in [0.717, 1.165) is 70.6 Å². The highest BCUT2D eigenvalue weighted by atomic mass is 16.5. The van der Waals surface area contributed by atoms with Crippen molar-refractivity contribution in [1.82, 2.24) is 5.32 Å². The Balaban J connectivity index is 4.68. The lowest BCUT2D eigenvalue weighted by atomic mass is 10.0. The lowest BCUT2D eigenvalue weighted by molar-refractivity contribution is -0.148. The van der Waals surface area contributed by atoms with Crippen LogP contribution >= 0.6 is 0 Å². The number of allylic oxidation sites excluding steroid dienone is 9.